The van der Waals surface area contributed by atoms with Gasteiger partial charge in [-0.05, 0) is 36.2 Å². The molecule has 1 aromatic heterocycles. The van der Waals surface area contributed by atoms with Crippen LogP contribution in [-0.4, -0.2) is 42.0 Å². The molecule has 1 aliphatic rings. The third-order valence-electron chi connectivity index (χ3n) is 6.60. The molecule has 0 bridgehead atoms. The van der Waals surface area contributed by atoms with Gasteiger partial charge in [0.15, 0.2) is 0 Å². The van der Waals surface area contributed by atoms with Crippen LogP contribution in [0.1, 0.15) is 39.0 Å². The number of anilines is 1. The summed E-state index contributed by atoms with van der Waals surface area (Å²) in [6.45, 7) is 2.72. The molecule has 6 nitrogen and oxygen atoms in total. The standard InChI is InChI=1S/C28H27N3O3/c1-18-9-3-7-13-23(18)30-27(32)25-20-11-4-5-12-21(20)28(33)31(15-16-34-2)26(25)22-17-29-24-14-8-6-10-19(22)24/h3-14,17,25-26,29H,15-16H2,1-2H3,(H,30,32). The van der Waals surface area contributed by atoms with Gasteiger partial charge in [0.1, 0.15) is 0 Å². The lowest BCUT2D eigenvalue weighted by molar-refractivity contribution is -0.119. The molecule has 0 radical (unpaired) electrons. The van der Waals surface area contributed by atoms with Crippen molar-refractivity contribution in [2.75, 3.05) is 25.6 Å². The summed E-state index contributed by atoms with van der Waals surface area (Å²) < 4.78 is 5.34. The number of hydrogen-bond acceptors (Lipinski definition) is 3. The molecule has 2 amide bonds. The van der Waals surface area contributed by atoms with E-state index in [0.29, 0.717) is 18.7 Å². The van der Waals surface area contributed by atoms with Crippen molar-refractivity contribution in [1.29, 1.82) is 0 Å². The fourth-order valence-electron chi connectivity index (χ4n) is 4.92. The Kier molecular flexibility index (Phi) is 5.90. The molecular weight excluding hydrogens is 426 g/mol. The molecule has 5 rings (SSSR count). The fraction of sp³-hybridized carbons (Fsp3) is 0.214. The number of ether oxygens (including phenoxy) is 1. The molecule has 0 saturated carbocycles. The number of H-pyrrole nitrogens is 1. The number of amides is 2. The number of fused-ring (bicyclic) bond motifs is 2. The van der Waals surface area contributed by atoms with Crippen LogP contribution in [0.2, 0.25) is 0 Å². The average molecular weight is 454 g/mol. The highest BCUT2D eigenvalue weighted by Crippen LogP contribution is 2.45. The minimum atomic E-state index is -0.593. The summed E-state index contributed by atoms with van der Waals surface area (Å²) in [5.41, 5.74) is 4.93. The van der Waals surface area contributed by atoms with Crippen LogP contribution in [0.4, 0.5) is 5.69 Å². The minimum absolute atomic E-state index is 0.0946. The van der Waals surface area contributed by atoms with Gasteiger partial charge in [-0.1, -0.05) is 54.6 Å². The number of carbonyl (C=O) groups excluding carboxylic acids is 2. The number of aromatic amines is 1. The topological polar surface area (TPSA) is 74.4 Å². The van der Waals surface area contributed by atoms with Crippen LogP contribution in [-0.2, 0) is 9.53 Å². The predicted molar refractivity (Wildman–Crippen MR) is 133 cm³/mol. The predicted octanol–water partition coefficient (Wildman–Crippen LogP) is 5.04. The van der Waals surface area contributed by atoms with E-state index in [1.165, 1.54) is 0 Å². The number of rotatable bonds is 6. The lowest BCUT2D eigenvalue weighted by Crippen LogP contribution is -2.47. The number of aromatic nitrogens is 1. The smallest absolute Gasteiger partial charge is 0.254 e. The molecule has 172 valence electrons. The van der Waals surface area contributed by atoms with Crippen molar-refractivity contribution < 1.29 is 14.3 Å². The van der Waals surface area contributed by atoms with E-state index < -0.39 is 12.0 Å². The summed E-state index contributed by atoms with van der Waals surface area (Å²) >= 11 is 0. The van der Waals surface area contributed by atoms with Crippen LogP contribution in [0.3, 0.4) is 0 Å². The van der Waals surface area contributed by atoms with E-state index in [0.717, 1.165) is 33.3 Å². The summed E-state index contributed by atoms with van der Waals surface area (Å²) in [5, 5.41) is 4.13. The van der Waals surface area contributed by atoms with Crippen molar-refractivity contribution in [3.63, 3.8) is 0 Å². The summed E-state index contributed by atoms with van der Waals surface area (Å²) in [4.78, 5) is 32.7. The zero-order valence-corrected chi connectivity index (χ0v) is 19.2. The Bertz CT molecular complexity index is 1360. The van der Waals surface area contributed by atoms with Gasteiger partial charge in [0.2, 0.25) is 5.91 Å². The van der Waals surface area contributed by atoms with Crippen molar-refractivity contribution in [1.82, 2.24) is 9.88 Å². The molecule has 2 atom stereocenters. The summed E-state index contributed by atoms with van der Waals surface area (Å²) in [5.74, 6) is -0.834. The molecule has 2 N–H and O–H groups in total. The van der Waals surface area contributed by atoms with Crippen LogP contribution >= 0.6 is 0 Å². The van der Waals surface area contributed by atoms with Crippen LogP contribution < -0.4 is 5.32 Å². The fourth-order valence-corrected chi connectivity index (χ4v) is 4.92. The maximum Gasteiger partial charge on any atom is 0.254 e. The first-order chi connectivity index (χ1) is 16.6. The van der Waals surface area contributed by atoms with Crippen LogP contribution in [0.25, 0.3) is 10.9 Å². The van der Waals surface area contributed by atoms with E-state index >= 15 is 0 Å². The van der Waals surface area contributed by atoms with Crippen LogP contribution in [0, 0.1) is 6.92 Å². The summed E-state index contributed by atoms with van der Waals surface area (Å²) in [7, 11) is 1.62. The number of nitrogens with zero attached hydrogens (tertiary/aromatic N) is 1. The largest absolute Gasteiger partial charge is 0.383 e. The Morgan fingerprint density at radius 3 is 2.56 bits per heavy atom. The van der Waals surface area contributed by atoms with Gasteiger partial charge in [0.25, 0.3) is 5.91 Å². The van der Waals surface area contributed by atoms with E-state index in [1.807, 2.05) is 79.9 Å². The highest BCUT2D eigenvalue weighted by molar-refractivity contribution is 6.05. The number of methoxy groups -OCH3 is 1. The van der Waals surface area contributed by atoms with Crippen molar-refractivity contribution in [3.05, 3.63) is 101 Å². The Labute approximate surface area is 198 Å². The molecular formula is C28H27N3O3. The van der Waals surface area contributed by atoms with Gasteiger partial charge in [-0.3, -0.25) is 9.59 Å². The van der Waals surface area contributed by atoms with E-state index in [9.17, 15) is 9.59 Å². The Morgan fingerprint density at radius 2 is 1.74 bits per heavy atom. The quantitative estimate of drug-likeness (QED) is 0.429. The number of para-hydroxylation sites is 2. The molecule has 0 fully saturated rings. The summed E-state index contributed by atoms with van der Waals surface area (Å²) in [6, 6.07) is 22.6. The van der Waals surface area contributed by atoms with E-state index in [2.05, 4.69) is 10.3 Å². The van der Waals surface area contributed by atoms with E-state index in [1.54, 1.807) is 18.1 Å². The molecule has 0 spiro atoms. The maximum absolute atomic E-state index is 14.0. The van der Waals surface area contributed by atoms with Gasteiger partial charge in [-0.25, -0.2) is 0 Å². The molecule has 2 unspecified atom stereocenters. The molecule has 34 heavy (non-hydrogen) atoms. The minimum Gasteiger partial charge on any atom is -0.383 e. The Balaban J connectivity index is 1.68. The first-order valence-corrected chi connectivity index (χ1v) is 11.4. The van der Waals surface area contributed by atoms with Crippen molar-refractivity contribution in [2.45, 2.75) is 18.9 Å². The Hall–Kier alpha value is -3.90. The monoisotopic (exact) mass is 453 g/mol. The number of nitrogens with one attached hydrogen (secondary N) is 2. The number of benzene rings is 3. The molecule has 1 aliphatic heterocycles. The number of carbonyl (C=O) groups is 2. The molecule has 2 heterocycles. The van der Waals surface area contributed by atoms with Crippen molar-refractivity contribution in [2.24, 2.45) is 0 Å². The van der Waals surface area contributed by atoms with Crippen molar-refractivity contribution >= 4 is 28.4 Å². The second-order valence-corrected chi connectivity index (χ2v) is 8.59. The van der Waals surface area contributed by atoms with Gasteiger partial charge >= 0.3 is 0 Å². The second-order valence-electron chi connectivity index (χ2n) is 8.59. The molecule has 3 aromatic carbocycles. The van der Waals surface area contributed by atoms with Gasteiger partial charge < -0.3 is 19.9 Å². The van der Waals surface area contributed by atoms with Gasteiger partial charge in [-0.2, -0.15) is 0 Å². The third kappa shape index (κ3) is 3.76. The SMILES string of the molecule is COCCN1C(=O)c2ccccc2C(C(=O)Nc2ccccc2C)C1c1c[nH]c2ccccc12. The molecule has 6 heteroatoms. The molecule has 4 aromatic rings. The highest BCUT2D eigenvalue weighted by Gasteiger charge is 2.44. The average Bonchev–Trinajstić information content (AvgIpc) is 3.28. The normalized spacial score (nSPS) is 17.6. The van der Waals surface area contributed by atoms with Crippen molar-refractivity contribution in [3.8, 4) is 0 Å². The lowest BCUT2D eigenvalue weighted by Gasteiger charge is -2.41. The van der Waals surface area contributed by atoms with Gasteiger partial charge in [0, 0.05) is 47.6 Å². The third-order valence-corrected chi connectivity index (χ3v) is 6.60. The summed E-state index contributed by atoms with van der Waals surface area (Å²) in [6.07, 6.45) is 1.92. The maximum atomic E-state index is 14.0. The van der Waals surface area contributed by atoms with E-state index in [4.69, 9.17) is 4.74 Å². The lowest BCUT2D eigenvalue weighted by atomic mass is 9.79. The first kappa shape index (κ1) is 21.9. The second kappa shape index (κ2) is 9.15. The van der Waals surface area contributed by atoms with Crippen LogP contribution in [0.5, 0.6) is 0 Å². The molecule has 0 saturated heterocycles. The van der Waals surface area contributed by atoms with Gasteiger partial charge in [-0.15, -0.1) is 0 Å². The zero-order valence-electron chi connectivity index (χ0n) is 19.2. The number of hydrogen-bond donors (Lipinski definition) is 2. The van der Waals surface area contributed by atoms with Gasteiger partial charge in [0.05, 0.1) is 18.6 Å². The number of aryl methyl sites for hydroxylation is 1. The van der Waals surface area contributed by atoms with E-state index in [-0.39, 0.29) is 11.8 Å². The molecule has 0 aliphatic carbocycles. The zero-order chi connectivity index (χ0) is 23.7. The highest BCUT2D eigenvalue weighted by atomic mass is 16.5. The Morgan fingerprint density at radius 1 is 1.00 bits per heavy atom. The first-order valence-electron chi connectivity index (χ1n) is 11.4. The van der Waals surface area contributed by atoms with Crippen LogP contribution in [0.15, 0.2) is 79.0 Å².